The number of hydrogen-bond acceptors (Lipinski definition) is 6. The summed E-state index contributed by atoms with van der Waals surface area (Å²) in [5, 5.41) is 10.5. The van der Waals surface area contributed by atoms with E-state index >= 15 is 0 Å². The van der Waals surface area contributed by atoms with Crippen molar-refractivity contribution in [1.29, 1.82) is 0 Å². The molecule has 0 spiro atoms. The van der Waals surface area contributed by atoms with Gasteiger partial charge in [0, 0.05) is 25.4 Å². The lowest BCUT2D eigenvalue weighted by molar-refractivity contribution is 0.0542. The number of anilines is 3. The van der Waals surface area contributed by atoms with Crippen molar-refractivity contribution in [2.75, 3.05) is 30.9 Å². The van der Waals surface area contributed by atoms with Crippen LogP contribution in [0.5, 0.6) is 0 Å². The quantitative estimate of drug-likeness (QED) is 0.882. The van der Waals surface area contributed by atoms with Crippen LogP contribution in [0.2, 0.25) is 0 Å². The maximum atomic E-state index is 12.8. The molecule has 2 aromatic heterocycles. The zero-order valence-corrected chi connectivity index (χ0v) is 13.3. The maximum absolute atomic E-state index is 12.8. The normalized spacial score (nSPS) is 18.0. The summed E-state index contributed by atoms with van der Waals surface area (Å²) in [7, 11) is 1.71. The fraction of sp³-hybridized carbons (Fsp3) is 0.533. The molecule has 3 rings (SSSR count). The third kappa shape index (κ3) is 3.26. The van der Waals surface area contributed by atoms with Crippen molar-refractivity contribution in [3.63, 3.8) is 0 Å². The summed E-state index contributed by atoms with van der Waals surface area (Å²) in [5.74, 6) is 0.893. The minimum Gasteiger partial charge on any atom is -0.379 e. The van der Waals surface area contributed by atoms with Gasteiger partial charge in [-0.15, -0.1) is 0 Å². The lowest BCUT2D eigenvalue weighted by Gasteiger charge is -2.23. The molecular formula is C15H21FN6O. The first-order chi connectivity index (χ1) is 11.2. The molecule has 2 aromatic rings. The van der Waals surface area contributed by atoms with Gasteiger partial charge in [0.2, 0.25) is 5.95 Å². The average Bonchev–Trinajstić information content (AvgIpc) is 2.96. The van der Waals surface area contributed by atoms with Crippen LogP contribution in [0, 0.1) is 6.92 Å². The van der Waals surface area contributed by atoms with E-state index in [0.29, 0.717) is 23.9 Å². The van der Waals surface area contributed by atoms with E-state index in [-0.39, 0.29) is 6.04 Å². The lowest BCUT2D eigenvalue weighted by atomic mass is 10.1. The van der Waals surface area contributed by atoms with Gasteiger partial charge in [0.05, 0.1) is 30.2 Å². The van der Waals surface area contributed by atoms with E-state index < -0.39 is 6.67 Å². The number of halogens is 1. The SMILES string of the molecule is CNc1nc(Nc2cnn(C3CCCOC3)c2C)ncc1CF. The van der Waals surface area contributed by atoms with Gasteiger partial charge in [-0.1, -0.05) is 0 Å². The Bertz CT molecular complexity index is 668. The van der Waals surface area contributed by atoms with Gasteiger partial charge in [-0.05, 0) is 19.8 Å². The summed E-state index contributed by atoms with van der Waals surface area (Å²) in [6.07, 6.45) is 5.35. The summed E-state index contributed by atoms with van der Waals surface area (Å²) in [5.41, 5.74) is 2.28. The third-order valence-electron chi connectivity index (χ3n) is 4.02. The molecule has 1 atom stereocenters. The molecule has 0 aromatic carbocycles. The fourth-order valence-electron chi connectivity index (χ4n) is 2.73. The molecule has 7 nitrogen and oxygen atoms in total. The van der Waals surface area contributed by atoms with Gasteiger partial charge < -0.3 is 15.4 Å². The summed E-state index contributed by atoms with van der Waals surface area (Å²) >= 11 is 0. The first-order valence-corrected chi connectivity index (χ1v) is 7.71. The van der Waals surface area contributed by atoms with Crippen LogP contribution < -0.4 is 10.6 Å². The molecule has 8 heteroatoms. The molecular weight excluding hydrogens is 299 g/mol. The monoisotopic (exact) mass is 320 g/mol. The van der Waals surface area contributed by atoms with Crippen molar-refractivity contribution in [2.45, 2.75) is 32.5 Å². The fourth-order valence-corrected chi connectivity index (χ4v) is 2.73. The van der Waals surface area contributed by atoms with Crippen LogP contribution in [0.1, 0.15) is 30.1 Å². The van der Waals surface area contributed by atoms with Crippen LogP contribution in [-0.4, -0.2) is 40.0 Å². The molecule has 124 valence electrons. The molecule has 0 aliphatic carbocycles. The Labute approximate surface area is 134 Å². The Morgan fingerprint density at radius 1 is 1.43 bits per heavy atom. The summed E-state index contributed by atoms with van der Waals surface area (Å²) in [6.45, 7) is 2.91. The third-order valence-corrected chi connectivity index (χ3v) is 4.02. The van der Waals surface area contributed by atoms with Gasteiger partial charge >= 0.3 is 0 Å². The van der Waals surface area contributed by atoms with Crippen LogP contribution in [-0.2, 0) is 11.4 Å². The van der Waals surface area contributed by atoms with E-state index in [1.807, 2.05) is 11.6 Å². The molecule has 23 heavy (non-hydrogen) atoms. The smallest absolute Gasteiger partial charge is 0.229 e. The molecule has 0 radical (unpaired) electrons. The first-order valence-electron chi connectivity index (χ1n) is 7.71. The van der Waals surface area contributed by atoms with Crippen molar-refractivity contribution in [2.24, 2.45) is 0 Å². The number of ether oxygens (including phenoxy) is 1. The Hall–Kier alpha value is -2.22. The second-order valence-corrected chi connectivity index (χ2v) is 5.54. The van der Waals surface area contributed by atoms with Gasteiger partial charge in [-0.2, -0.15) is 10.1 Å². The number of hydrogen-bond donors (Lipinski definition) is 2. The number of nitrogens with zero attached hydrogens (tertiary/aromatic N) is 4. The van der Waals surface area contributed by atoms with Crippen molar-refractivity contribution >= 4 is 17.5 Å². The van der Waals surface area contributed by atoms with E-state index in [4.69, 9.17) is 4.74 Å². The zero-order chi connectivity index (χ0) is 16.2. The van der Waals surface area contributed by atoms with Gasteiger partial charge in [-0.25, -0.2) is 9.37 Å². The highest BCUT2D eigenvalue weighted by atomic mass is 19.1. The number of aromatic nitrogens is 4. The van der Waals surface area contributed by atoms with Gasteiger partial charge in [-0.3, -0.25) is 4.68 Å². The van der Waals surface area contributed by atoms with Crippen LogP contribution in [0.4, 0.5) is 21.8 Å². The predicted octanol–water partition coefficient (Wildman–Crippen LogP) is 2.59. The zero-order valence-electron chi connectivity index (χ0n) is 13.3. The molecule has 1 fully saturated rings. The minimum atomic E-state index is -0.602. The minimum absolute atomic E-state index is 0.266. The van der Waals surface area contributed by atoms with E-state index in [9.17, 15) is 4.39 Å². The van der Waals surface area contributed by atoms with E-state index in [1.165, 1.54) is 6.20 Å². The van der Waals surface area contributed by atoms with E-state index in [2.05, 4.69) is 25.7 Å². The molecule has 0 bridgehead atoms. The molecule has 0 amide bonds. The topological polar surface area (TPSA) is 76.9 Å². The van der Waals surface area contributed by atoms with Gasteiger partial charge in [0.1, 0.15) is 12.5 Å². The van der Waals surface area contributed by atoms with Crippen molar-refractivity contribution in [3.05, 3.63) is 23.7 Å². The van der Waals surface area contributed by atoms with Gasteiger partial charge in [0.25, 0.3) is 0 Å². The highest BCUT2D eigenvalue weighted by Crippen LogP contribution is 2.26. The largest absolute Gasteiger partial charge is 0.379 e. The molecule has 0 saturated carbocycles. The Balaban J connectivity index is 1.79. The Kier molecular flexibility index (Phi) is 4.71. The second-order valence-electron chi connectivity index (χ2n) is 5.54. The molecule has 3 heterocycles. The maximum Gasteiger partial charge on any atom is 0.229 e. The van der Waals surface area contributed by atoms with Crippen LogP contribution in [0.3, 0.4) is 0 Å². The van der Waals surface area contributed by atoms with Crippen molar-refractivity contribution in [3.8, 4) is 0 Å². The van der Waals surface area contributed by atoms with Crippen LogP contribution >= 0.6 is 0 Å². The molecule has 1 saturated heterocycles. The van der Waals surface area contributed by atoms with Crippen LogP contribution in [0.25, 0.3) is 0 Å². The van der Waals surface area contributed by atoms with Crippen molar-refractivity contribution < 1.29 is 9.13 Å². The standard InChI is InChI=1S/C15H21FN6O/c1-10-13(8-19-22(10)12-4-3-5-23-9-12)20-15-18-7-11(6-16)14(17-2)21-15/h7-8,12H,3-6,9H2,1-2H3,(H2,17,18,20,21). The molecule has 1 unspecified atom stereocenters. The first kappa shape index (κ1) is 15.7. The lowest BCUT2D eigenvalue weighted by Crippen LogP contribution is -2.23. The number of nitrogens with one attached hydrogen (secondary N) is 2. The van der Waals surface area contributed by atoms with E-state index in [0.717, 1.165) is 30.8 Å². The summed E-state index contributed by atoms with van der Waals surface area (Å²) < 4.78 is 20.3. The van der Waals surface area contributed by atoms with Crippen molar-refractivity contribution in [1.82, 2.24) is 19.7 Å². The highest BCUT2D eigenvalue weighted by Gasteiger charge is 2.20. The van der Waals surface area contributed by atoms with Gasteiger partial charge in [0.15, 0.2) is 0 Å². The summed E-state index contributed by atoms with van der Waals surface area (Å²) in [6, 6.07) is 0.266. The predicted molar refractivity (Wildman–Crippen MR) is 85.7 cm³/mol. The second kappa shape index (κ2) is 6.91. The molecule has 1 aliphatic rings. The molecule has 1 aliphatic heterocycles. The van der Waals surface area contributed by atoms with Crippen LogP contribution in [0.15, 0.2) is 12.4 Å². The summed E-state index contributed by atoms with van der Waals surface area (Å²) in [4.78, 5) is 8.44. The number of rotatable bonds is 5. The number of alkyl halides is 1. The Morgan fingerprint density at radius 2 is 2.30 bits per heavy atom. The molecule has 2 N–H and O–H groups in total. The average molecular weight is 320 g/mol. The highest BCUT2D eigenvalue weighted by molar-refractivity contribution is 5.57. The Morgan fingerprint density at radius 3 is 3.00 bits per heavy atom. The van der Waals surface area contributed by atoms with E-state index in [1.54, 1.807) is 13.2 Å².